The van der Waals surface area contributed by atoms with E-state index in [0.29, 0.717) is 12.2 Å². The highest BCUT2D eigenvalue weighted by Gasteiger charge is 2.19. The maximum absolute atomic E-state index is 11.7. The summed E-state index contributed by atoms with van der Waals surface area (Å²) in [5, 5.41) is 0. The monoisotopic (exact) mass is 236 g/mol. The third-order valence-electron chi connectivity index (χ3n) is 2.08. The highest BCUT2D eigenvalue weighted by molar-refractivity contribution is 5.67. The van der Waals surface area contributed by atoms with Gasteiger partial charge in [0.05, 0.1) is 0 Å². The molecule has 0 spiro atoms. The lowest BCUT2D eigenvalue weighted by molar-refractivity contribution is 0.0285. The Balaban J connectivity index is 2.60. The Morgan fingerprint density at radius 2 is 2.06 bits per heavy atom. The number of ether oxygens (including phenoxy) is 1. The van der Waals surface area contributed by atoms with Crippen molar-refractivity contribution in [1.82, 2.24) is 4.90 Å². The molecule has 0 aliphatic heterocycles. The first-order valence-corrected chi connectivity index (χ1v) is 5.56. The van der Waals surface area contributed by atoms with Crippen molar-refractivity contribution >= 4 is 11.8 Å². The minimum atomic E-state index is -0.471. The number of rotatable bonds is 2. The summed E-state index contributed by atoms with van der Waals surface area (Å²) in [6, 6.07) is 7.46. The van der Waals surface area contributed by atoms with E-state index in [-0.39, 0.29) is 6.09 Å². The molecular weight excluding hydrogens is 216 g/mol. The van der Waals surface area contributed by atoms with Gasteiger partial charge in [0, 0.05) is 19.3 Å². The zero-order chi connectivity index (χ0) is 13.1. The highest BCUT2D eigenvalue weighted by Crippen LogP contribution is 2.12. The van der Waals surface area contributed by atoms with Crippen LogP contribution in [0.15, 0.2) is 24.3 Å². The molecule has 0 aromatic heterocycles. The smallest absolute Gasteiger partial charge is 0.410 e. The molecule has 17 heavy (non-hydrogen) atoms. The standard InChI is InChI=1S/C13H20N2O2/c1-13(2,3)17-12(16)15(4)9-10-6-5-7-11(14)8-10/h5-8H,9,14H2,1-4H3. The molecule has 0 heterocycles. The molecule has 4 heteroatoms. The van der Waals surface area contributed by atoms with Gasteiger partial charge in [0.15, 0.2) is 0 Å². The van der Waals surface area contributed by atoms with Crippen molar-refractivity contribution in [3.8, 4) is 0 Å². The van der Waals surface area contributed by atoms with Gasteiger partial charge in [0.2, 0.25) is 0 Å². The molecule has 0 saturated carbocycles. The number of hydrogen-bond donors (Lipinski definition) is 1. The Morgan fingerprint density at radius 1 is 1.41 bits per heavy atom. The van der Waals surface area contributed by atoms with Gasteiger partial charge in [-0.15, -0.1) is 0 Å². The van der Waals surface area contributed by atoms with Crippen LogP contribution in [0.2, 0.25) is 0 Å². The average Bonchev–Trinajstić information content (AvgIpc) is 2.14. The van der Waals surface area contributed by atoms with E-state index in [0.717, 1.165) is 5.56 Å². The van der Waals surface area contributed by atoms with Crippen molar-refractivity contribution < 1.29 is 9.53 Å². The normalized spacial score (nSPS) is 11.1. The number of nitrogen functional groups attached to an aromatic ring is 1. The molecule has 0 unspecified atom stereocenters. The summed E-state index contributed by atoms with van der Waals surface area (Å²) in [7, 11) is 1.71. The summed E-state index contributed by atoms with van der Waals surface area (Å²) in [5.74, 6) is 0. The first-order chi connectivity index (χ1) is 7.78. The van der Waals surface area contributed by atoms with E-state index in [1.807, 2.05) is 45.0 Å². The van der Waals surface area contributed by atoms with Gasteiger partial charge in [-0.1, -0.05) is 12.1 Å². The molecule has 1 aromatic rings. The topological polar surface area (TPSA) is 55.6 Å². The lowest BCUT2D eigenvalue weighted by Crippen LogP contribution is -2.33. The van der Waals surface area contributed by atoms with Crippen molar-refractivity contribution in [2.45, 2.75) is 32.9 Å². The highest BCUT2D eigenvalue weighted by atomic mass is 16.6. The van der Waals surface area contributed by atoms with Gasteiger partial charge in [-0.2, -0.15) is 0 Å². The number of hydrogen-bond acceptors (Lipinski definition) is 3. The van der Waals surface area contributed by atoms with Crippen LogP contribution in [0.3, 0.4) is 0 Å². The molecule has 0 saturated heterocycles. The minimum absolute atomic E-state index is 0.333. The summed E-state index contributed by atoms with van der Waals surface area (Å²) >= 11 is 0. The predicted octanol–water partition coefficient (Wildman–Crippen LogP) is 2.64. The fourth-order valence-electron chi connectivity index (χ4n) is 1.37. The molecule has 1 aromatic carbocycles. The third kappa shape index (κ3) is 4.76. The van der Waals surface area contributed by atoms with Crippen molar-refractivity contribution in [2.75, 3.05) is 12.8 Å². The van der Waals surface area contributed by atoms with Crippen LogP contribution in [0.1, 0.15) is 26.3 Å². The van der Waals surface area contributed by atoms with Gasteiger partial charge in [-0.25, -0.2) is 4.79 Å². The number of carbonyl (C=O) groups excluding carboxylic acids is 1. The quantitative estimate of drug-likeness (QED) is 0.803. The van der Waals surface area contributed by atoms with Crippen LogP contribution in [-0.2, 0) is 11.3 Å². The summed E-state index contributed by atoms with van der Waals surface area (Å²) in [4.78, 5) is 13.2. The summed E-state index contributed by atoms with van der Waals surface area (Å²) < 4.78 is 5.26. The number of nitrogens with two attached hydrogens (primary N) is 1. The predicted molar refractivity (Wildman–Crippen MR) is 68.6 cm³/mol. The van der Waals surface area contributed by atoms with Crippen LogP contribution in [0.25, 0.3) is 0 Å². The molecule has 0 aliphatic carbocycles. The van der Waals surface area contributed by atoms with E-state index in [1.165, 1.54) is 4.90 Å². The Labute approximate surface area is 102 Å². The molecule has 0 radical (unpaired) electrons. The molecule has 1 amide bonds. The van der Waals surface area contributed by atoms with Crippen LogP contribution in [0.5, 0.6) is 0 Å². The van der Waals surface area contributed by atoms with Crippen molar-refractivity contribution in [3.05, 3.63) is 29.8 Å². The molecule has 2 N–H and O–H groups in total. The molecule has 1 rings (SSSR count). The fraction of sp³-hybridized carbons (Fsp3) is 0.462. The van der Waals surface area contributed by atoms with E-state index in [2.05, 4.69) is 0 Å². The Kier molecular flexibility index (Phi) is 3.99. The van der Waals surface area contributed by atoms with E-state index in [4.69, 9.17) is 10.5 Å². The maximum atomic E-state index is 11.7. The zero-order valence-corrected chi connectivity index (χ0v) is 10.9. The second-order valence-electron chi connectivity index (χ2n) is 5.08. The van der Waals surface area contributed by atoms with Gasteiger partial charge < -0.3 is 15.4 Å². The van der Waals surface area contributed by atoms with Crippen LogP contribution in [-0.4, -0.2) is 23.6 Å². The van der Waals surface area contributed by atoms with Crippen molar-refractivity contribution in [2.24, 2.45) is 0 Å². The average molecular weight is 236 g/mol. The third-order valence-corrected chi connectivity index (χ3v) is 2.08. The largest absolute Gasteiger partial charge is 0.444 e. The van der Waals surface area contributed by atoms with Gasteiger partial charge in [0.25, 0.3) is 0 Å². The SMILES string of the molecule is CN(Cc1cccc(N)c1)C(=O)OC(C)(C)C. The molecule has 0 bridgehead atoms. The van der Waals surface area contributed by atoms with Crippen LogP contribution in [0.4, 0.5) is 10.5 Å². The van der Waals surface area contributed by atoms with Gasteiger partial charge >= 0.3 is 6.09 Å². The first-order valence-electron chi connectivity index (χ1n) is 5.56. The van der Waals surface area contributed by atoms with E-state index < -0.39 is 5.60 Å². The molecule has 0 atom stereocenters. The van der Waals surface area contributed by atoms with Crippen LogP contribution in [0, 0.1) is 0 Å². The van der Waals surface area contributed by atoms with Crippen LogP contribution >= 0.6 is 0 Å². The fourth-order valence-corrected chi connectivity index (χ4v) is 1.37. The molecule has 0 fully saturated rings. The second kappa shape index (κ2) is 5.08. The lowest BCUT2D eigenvalue weighted by atomic mass is 10.2. The number of anilines is 1. The summed E-state index contributed by atoms with van der Waals surface area (Å²) in [6.45, 7) is 6.03. The molecular formula is C13H20N2O2. The number of carbonyl (C=O) groups is 1. The number of benzene rings is 1. The zero-order valence-electron chi connectivity index (χ0n) is 10.9. The van der Waals surface area contributed by atoms with E-state index in [1.54, 1.807) is 7.05 Å². The maximum Gasteiger partial charge on any atom is 0.410 e. The number of amides is 1. The molecule has 4 nitrogen and oxygen atoms in total. The van der Waals surface area contributed by atoms with Gasteiger partial charge in [-0.05, 0) is 38.5 Å². The summed E-state index contributed by atoms with van der Waals surface area (Å²) in [5.41, 5.74) is 6.89. The summed E-state index contributed by atoms with van der Waals surface area (Å²) in [6.07, 6.45) is -0.333. The lowest BCUT2D eigenvalue weighted by Gasteiger charge is -2.24. The Morgan fingerprint density at radius 3 is 2.59 bits per heavy atom. The molecule has 94 valence electrons. The Hall–Kier alpha value is -1.71. The van der Waals surface area contributed by atoms with Crippen LogP contribution < -0.4 is 5.73 Å². The van der Waals surface area contributed by atoms with Gasteiger partial charge in [0.1, 0.15) is 5.60 Å². The Bertz CT molecular complexity index is 397. The van der Waals surface area contributed by atoms with E-state index in [9.17, 15) is 4.79 Å². The van der Waals surface area contributed by atoms with E-state index >= 15 is 0 Å². The minimum Gasteiger partial charge on any atom is -0.444 e. The molecule has 0 aliphatic rings. The second-order valence-corrected chi connectivity index (χ2v) is 5.08. The van der Waals surface area contributed by atoms with Crippen molar-refractivity contribution in [1.29, 1.82) is 0 Å². The van der Waals surface area contributed by atoms with Crippen molar-refractivity contribution in [3.63, 3.8) is 0 Å². The van der Waals surface area contributed by atoms with Gasteiger partial charge in [-0.3, -0.25) is 0 Å². The number of nitrogens with zero attached hydrogens (tertiary/aromatic N) is 1. The first kappa shape index (κ1) is 13.4.